The van der Waals surface area contributed by atoms with Crippen molar-refractivity contribution in [2.75, 3.05) is 5.33 Å². The van der Waals surface area contributed by atoms with E-state index in [4.69, 9.17) is 5.41 Å². The number of nitrogens with one attached hydrogen (secondary N) is 1. The largest absolute Gasteiger partial charge is 0.304 e. The van der Waals surface area contributed by atoms with Crippen molar-refractivity contribution in [1.82, 2.24) is 0 Å². The Morgan fingerprint density at radius 2 is 2.38 bits per heavy atom. The second kappa shape index (κ2) is 5.04. The number of rotatable bonds is 3. The molecule has 0 spiro atoms. The maximum atomic E-state index is 7.11. The molecule has 0 unspecified atom stereocenters. The van der Waals surface area contributed by atoms with Gasteiger partial charge in [-0.15, -0.1) is 0 Å². The van der Waals surface area contributed by atoms with Crippen molar-refractivity contribution in [3.63, 3.8) is 0 Å². The van der Waals surface area contributed by atoms with E-state index in [0.717, 1.165) is 6.42 Å². The molecular formula is C6H10BrN. The smallest absolute Gasteiger partial charge is 0.0449 e. The van der Waals surface area contributed by atoms with E-state index >= 15 is 0 Å². The van der Waals surface area contributed by atoms with Crippen LogP contribution in [0.5, 0.6) is 0 Å². The van der Waals surface area contributed by atoms with Gasteiger partial charge >= 0.3 is 0 Å². The summed E-state index contributed by atoms with van der Waals surface area (Å²) in [6.45, 7) is 2.05. The Hall–Kier alpha value is -0.110. The van der Waals surface area contributed by atoms with E-state index in [-0.39, 0.29) is 0 Å². The summed E-state index contributed by atoms with van der Waals surface area (Å²) in [6.07, 6.45) is 4.80. The van der Waals surface area contributed by atoms with Crippen LogP contribution in [-0.2, 0) is 0 Å². The predicted octanol–water partition coefficient (Wildman–Crippen LogP) is 2.37. The molecule has 0 radical (unpaired) electrons. The molecule has 46 valence electrons. The van der Waals surface area contributed by atoms with Crippen molar-refractivity contribution >= 4 is 21.6 Å². The summed E-state index contributed by atoms with van der Waals surface area (Å²) in [5.74, 6) is 0. The minimum absolute atomic E-state index is 0.631. The number of allylic oxidation sites excluding steroid dienone is 2. The van der Waals surface area contributed by atoms with Gasteiger partial charge < -0.3 is 5.41 Å². The molecule has 0 aromatic rings. The number of hydrogen-bond acceptors (Lipinski definition) is 1. The maximum Gasteiger partial charge on any atom is 0.0449 e. The molecule has 0 aliphatic rings. The molecule has 0 aromatic heterocycles. The Morgan fingerprint density at radius 3 is 2.75 bits per heavy atom. The fourth-order valence-electron chi connectivity index (χ4n) is 0.305. The second-order valence-corrected chi connectivity index (χ2v) is 2.03. The lowest BCUT2D eigenvalue weighted by molar-refractivity contribution is 1.22. The van der Waals surface area contributed by atoms with Gasteiger partial charge in [-0.3, -0.25) is 0 Å². The molecule has 0 amide bonds. The lowest BCUT2D eigenvalue weighted by atomic mass is 10.3. The zero-order valence-corrected chi connectivity index (χ0v) is 6.53. The highest BCUT2D eigenvalue weighted by molar-refractivity contribution is 9.09. The van der Waals surface area contributed by atoms with Crippen LogP contribution in [0, 0.1) is 5.41 Å². The molecule has 0 aliphatic carbocycles. The maximum absolute atomic E-state index is 7.11. The number of halogens is 1. The van der Waals surface area contributed by atoms with Crippen molar-refractivity contribution < 1.29 is 0 Å². The van der Waals surface area contributed by atoms with Crippen LogP contribution in [0.25, 0.3) is 0 Å². The molecule has 0 heterocycles. The Kier molecular flexibility index (Phi) is 4.97. The molecule has 1 N–H and O–H groups in total. The molecule has 0 atom stereocenters. The molecule has 0 saturated carbocycles. The Balaban J connectivity index is 3.37. The van der Waals surface area contributed by atoms with E-state index in [2.05, 4.69) is 22.9 Å². The van der Waals surface area contributed by atoms with Gasteiger partial charge in [-0.25, -0.2) is 0 Å². The zero-order valence-electron chi connectivity index (χ0n) is 4.95. The highest BCUT2D eigenvalue weighted by Crippen LogP contribution is 1.86. The average molecular weight is 176 g/mol. The Bertz CT molecular complexity index is 96.7. The van der Waals surface area contributed by atoms with Crippen LogP contribution >= 0.6 is 15.9 Å². The average Bonchev–Trinajstić information content (AvgIpc) is 1.83. The molecule has 0 aliphatic heterocycles. The van der Waals surface area contributed by atoms with Crippen LogP contribution in [0.1, 0.15) is 13.3 Å². The second-order valence-electron chi connectivity index (χ2n) is 1.47. The quantitative estimate of drug-likeness (QED) is 0.504. The molecule has 0 rings (SSSR count). The first-order valence-corrected chi connectivity index (χ1v) is 3.73. The fourth-order valence-corrected chi connectivity index (χ4v) is 0.492. The fraction of sp³-hybridized carbons (Fsp3) is 0.500. The van der Waals surface area contributed by atoms with Crippen molar-refractivity contribution in [3.8, 4) is 0 Å². The molecule has 0 fully saturated rings. The van der Waals surface area contributed by atoms with Gasteiger partial charge in [-0.2, -0.15) is 0 Å². The third kappa shape index (κ3) is 4.06. The van der Waals surface area contributed by atoms with Gasteiger partial charge in [0, 0.05) is 11.0 Å². The van der Waals surface area contributed by atoms with E-state index in [1.54, 1.807) is 0 Å². The van der Waals surface area contributed by atoms with Crippen molar-refractivity contribution in [2.45, 2.75) is 13.3 Å². The summed E-state index contributed by atoms with van der Waals surface area (Å²) >= 11 is 3.17. The van der Waals surface area contributed by atoms with Gasteiger partial charge in [-0.1, -0.05) is 28.9 Å². The summed E-state index contributed by atoms with van der Waals surface area (Å²) in [7, 11) is 0. The molecule has 8 heavy (non-hydrogen) atoms. The summed E-state index contributed by atoms with van der Waals surface area (Å²) < 4.78 is 0. The molecular weight excluding hydrogens is 166 g/mol. The van der Waals surface area contributed by atoms with Crippen LogP contribution < -0.4 is 0 Å². The minimum atomic E-state index is 0.631. The van der Waals surface area contributed by atoms with E-state index in [0.29, 0.717) is 11.0 Å². The molecule has 1 nitrogen and oxygen atoms in total. The third-order valence-electron chi connectivity index (χ3n) is 0.699. The van der Waals surface area contributed by atoms with E-state index in [9.17, 15) is 0 Å². The normalized spacial score (nSPS) is 10.2. The van der Waals surface area contributed by atoms with Crippen molar-refractivity contribution in [1.29, 1.82) is 5.41 Å². The number of hydrogen-bond donors (Lipinski definition) is 1. The Morgan fingerprint density at radius 1 is 1.75 bits per heavy atom. The lowest BCUT2D eigenvalue weighted by Crippen LogP contribution is -1.89. The van der Waals surface area contributed by atoms with Crippen molar-refractivity contribution in [2.24, 2.45) is 0 Å². The first-order chi connectivity index (χ1) is 3.81. The van der Waals surface area contributed by atoms with Crippen LogP contribution in [0.4, 0.5) is 0 Å². The zero-order chi connectivity index (χ0) is 6.41. The molecule has 0 aromatic carbocycles. The van der Waals surface area contributed by atoms with Crippen LogP contribution in [-0.4, -0.2) is 11.0 Å². The van der Waals surface area contributed by atoms with Crippen molar-refractivity contribution in [3.05, 3.63) is 12.2 Å². The summed E-state index contributed by atoms with van der Waals surface area (Å²) in [6, 6.07) is 0. The van der Waals surface area contributed by atoms with Gasteiger partial charge in [0.2, 0.25) is 0 Å². The molecule has 0 bridgehead atoms. The van der Waals surface area contributed by atoms with E-state index in [1.165, 1.54) is 0 Å². The van der Waals surface area contributed by atoms with Crippen LogP contribution in [0.3, 0.4) is 0 Å². The first kappa shape index (κ1) is 7.89. The standard InChI is InChI=1S/C6H10BrN/c1-2-3-4-6(8)5-7/h3-4,8H,2,5H2,1H3/b4-3-,8-6?. The first-order valence-electron chi connectivity index (χ1n) is 2.61. The topological polar surface area (TPSA) is 23.9 Å². The van der Waals surface area contributed by atoms with Crippen LogP contribution in [0.15, 0.2) is 12.2 Å². The van der Waals surface area contributed by atoms with E-state index < -0.39 is 0 Å². The van der Waals surface area contributed by atoms with E-state index in [1.807, 2.05) is 12.2 Å². The summed E-state index contributed by atoms with van der Waals surface area (Å²) in [5, 5.41) is 7.76. The van der Waals surface area contributed by atoms with Gasteiger partial charge in [0.05, 0.1) is 0 Å². The van der Waals surface area contributed by atoms with Gasteiger partial charge in [0.25, 0.3) is 0 Å². The molecule has 2 heteroatoms. The molecule has 0 saturated heterocycles. The third-order valence-corrected chi connectivity index (χ3v) is 1.30. The summed E-state index contributed by atoms with van der Waals surface area (Å²) in [5.41, 5.74) is 0.631. The summed E-state index contributed by atoms with van der Waals surface area (Å²) in [4.78, 5) is 0. The number of alkyl halides is 1. The highest BCUT2D eigenvalue weighted by atomic mass is 79.9. The lowest BCUT2D eigenvalue weighted by Gasteiger charge is -1.84. The minimum Gasteiger partial charge on any atom is -0.304 e. The predicted molar refractivity (Wildman–Crippen MR) is 41.0 cm³/mol. The SMILES string of the molecule is CC/C=C\C(=N)CBr. The Labute approximate surface area is 58.4 Å². The highest BCUT2D eigenvalue weighted by Gasteiger charge is 1.81. The van der Waals surface area contributed by atoms with Gasteiger partial charge in [-0.05, 0) is 12.5 Å². The van der Waals surface area contributed by atoms with Gasteiger partial charge in [0.15, 0.2) is 0 Å². The monoisotopic (exact) mass is 175 g/mol. The van der Waals surface area contributed by atoms with Gasteiger partial charge in [0.1, 0.15) is 0 Å². The van der Waals surface area contributed by atoms with Crippen LogP contribution in [0.2, 0.25) is 0 Å².